The predicted molar refractivity (Wildman–Crippen MR) is 40.2 cm³/mol. The van der Waals surface area contributed by atoms with Gasteiger partial charge >= 0.3 is 0 Å². The highest BCUT2D eigenvalue weighted by atomic mass is 32.2. The van der Waals surface area contributed by atoms with E-state index in [1.165, 1.54) is 4.31 Å². The smallest absolute Gasteiger partial charge is 0.212 e. The first-order chi connectivity index (χ1) is 4.45. The van der Waals surface area contributed by atoms with Gasteiger partial charge in [0, 0.05) is 13.1 Å². The summed E-state index contributed by atoms with van der Waals surface area (Å²) in [5.74, 6) is 0.583. The van der Waals surface area contributed by atoms with E-state index < -0.39 is 10.0 Å². The quantitative estimate of drug-likeness (QED) is 0.514. The molecule has 4 heteroatoms. The molecule has 0 N–H and O–H groups in total. The Morgan fingerprint density at radius 1 is 1.40 bits per heavy atom. The van der Waals surface area contributed by atoms with Gasteiger partial charge in [0.05, 0.1) is 5.75 Å². The zero-order valence-electron chi connectivity index (χ0n) is 6.53. The van der Waals surface area contributed by atoms with Gasteiger partial charge in [0.1, 0.15) is 0 Å². The van der Waals surface area contributed by atoms with Crippen LogP contribution < -0.4 is 0 Å². The molecule has 1 aliphatic heterocycles. The molecule has 0 radical (unpaired) electrons. The van der Waals surface area contributed by atoms with Gasteiger partial charge in [-0.1, -0.05) is 6.92 Å². The average Bonchev–Trinajstić information content (AvgIpc) is 1.95. The Bertz CT molecular complexity index is 222. The predicted octanol–water partition coefficient (Wildman–Crippen LogP) is 0.286. The van der Waals surface area contributed by atoms with Gasteiger partial charge in [-0.15, -0.1) is 0 Å². The van der Waals surface area contributed by atoms with Gasteiger partial charge < -0.3 is 0 Å². The number of hydrogen-bond acceptors (Lipinski definition) is 2. The molecule has 0 spiro atoms. The zero-order chi connectivity index (χ0) is 7.94. The first kappa shape index (κ1) is 8.01. The van der Waals surface area contributed by atoms with E-state index in [1.54, 1.807) is 7.05 Å². The van der Waals surface area contributed by atoms with Crippen LogP contribution in [0, 0.1) is 5.92 Å². The summed E-state index contributed by atoms with van der Waals surface area (Å²) in [4.78, 5) is 0. The van der Waals surface area contributed by atoms with Gasteiger partial charge in [-0.3, -0.25) is 0 Å². The molecule has 0 aromatic rings. The van der Waals surface area contributed by atoms with E-state index in [2.05, 4.69) is 0 Å². The van der Waals surface area contributed by atoms with Gasteiger partial charge in [-0.2, -0.15) is 0 Å². The fraction of sp³-hybridized carbons (Fsp3) is 1.00. The Hall–Kier alpha value is -0.0900. The van der Waals surface area contributed by atoms with E-state index in [4.69, 9.17) is 0 Å². The molecule has 3 nitrogen and oxygen atoms in total. The van der Waals surface area contributed by atoms with E-state index in [1.807, 2.05) is 13.8 Å². The summed E-state index contributed by atoms with van der Waals surface area (Å²) < 4.78 is 23.7. The van der Waals surface area contributed by atoms with Crippen LogP contribution in [0.3, 0.4) is 0 Å². The number of nitrogens with zero attached hydrogens (tertiary/aromatic N) is 1. The maximum atomic E-state index is 11.1. The van der Waals surface area contributed by atoms with Crippen molar-refractivity contribution in [3.05, 3.63) is 0 Å². The molecular weight excluding hydrogens is 150 g/mol. The lowest BCUT2D eigenvalue weighted by atomic mass is 10.1. The fourth-order valence-corrected chi connectivity index (χ4v) is 3.09. The first-order valence-corrected chi connectivity index (χ1v) is 5.02. The lowest BCUT2D eigenvalue weighted by Crippen LogP contribution is -2.27. The van der Waals surface area contributed by atoms with Gasteiger partial charge in [0.15, 0.2) is 0 Å². The van der Waals surface area contributed by atoms with Gasteiger partial charge in [0.2, 0.25) is 10.0 Å². The maximum absolute atomic E-state index is 11.1. The third-order valence-electron chi connectivity index (χ3n) is 2.31. The minimum absolute atomic E-state index is 0.171. The monoisotopic (exact) mass is 163 g/mol. The van der Waals surface area contributed by atoms with Crippen LogP contribution >= 0.6 is 0 Å². The number of sulfonamides is 1. The average molecular weight is 163 g/mol. The van der Waals surface area contributed by atoms with Crippen molar-refractivity contribution in [1.82, 2.24) is 4.31 Å². The topological polar surface area (TPSA) is 37.4 Å². The van der Waals surface area contributed by atoms with Crippen LogP contribution in [0.5, 0.6) is 0 Å². The molecule has 0 saturated carbocycles. The van der Waals surface area contributed by atoms with Crippen LogP contribution in [-0.4, -0.2) is 31.6 Å². The summed E-state index contributed by atoms with van der Waals surface area (Å²) in [7, 11) is -1.25. The van der Waals surface area contributed by atoms with Crippen molar-refractivity contribution >= 4 is 10.0 Å². The molecule has 1 fully saturated rings. The number of rotatable bonds is 0. The Balaban J connectivity index is 2.93. The summed E-state index contributed by atoms with van der Waals surface area (Å²) in [5.41, 5.74) is 0. The molecule has 0 aliphatic carbocycles. The highest BCUT2D eigenvalue weighted by Gasteiger charge is 2.36. The second-order valence-electron chi connectivity index (χ2n) is 3.01. The molecule has 2 unspecified atom stereocenters. The van der Waals surface area contributed by atoms with E-state index >= 15 is 0 Å². The summed E-state index contributed by atoms with van der Waals surface area (Å²) in [6.07, 6.45) is 0. The molecule has 1 rings (SSSR count). The minimum atomic E-state index is -2.89. The van der Waals surface area contributed by atoms with Crippen molar-refractivity contribution in [3.63, 3.8) is 0 Å². The summed E-state index contributed by atoms with van der Waals surface area (Å²) in [6.45, 7) is 3.90. The van der Waals surface area contributed by atoms with E-state index in [9.17, 15) is 8.42 Å². The van der Waals surface area contributed by atoms with Crippen LogP contribution in [0.25, 0.3) is 0 Å². The molecule has 60 valence electrons. The summed E-state index contributed by atoms with van der Waals surface area (Å²) >= 11 is 0. The molecule has 1 aliphatic rings. The Kier molecular flexibility index (Phi) is 1.76. The molecule has 2 atom stereocenters. The van der Waals surface area contributed by atoms with Crippen LogP contribution in [0.15, 0.2) is 0 Å². The standard InChI is InChI=1S/C6H13NO2S/c1-5-4-10(8,9)7(3)6(5)2/h5-6H,4H2,1-3H3. The van der Waals surface area contributed by atoms with Crippen LogP contribution in [0.1, 0.15) is 13.8 Å². The second kappa shape index (κ2) is 2.20. The van der Waals surface area contributed by atoms with E-state index in [0.717, 1.165) is 0 Å². The molecule has 10 heavy (non-hydrogen) atoms. The lowest BCUT2D eigenvalue weighted by Gasteiger charge is -2.14. The largest absolute Gasteiger partial charge is 0.214 e. The zero-order valence-corrected chi connectivity index (χ0v) is 7.35. The molecular formula is C6H13NO2S. The summed E-state index contributed by atoms with van der Waals surface area (Å²) in [6, 6.07) is 0.171. The molecule has 0 bridgehead atoms. The lowest BCUT2D eigenvalue weighted by molar-refractivity contribution is 0.363. The van der Waals surface area contributed by atoms with Crippen LogP contribution in [0.4, 0.5) is 0 Å². The van der Waals surface area contributed by atoms with E-state index in [0.29, 0.717) is 5.75 Å². The normalized spacial score (nSPS) is 40.3. The molecule has 1 saturated heterocycles. The van der Waals surface area contributed by atoms with Crippen molar-refractivity contribution in [2.45, 2.75) is 19.9 Å². The van der Waals surface area contributed by atoms with Crippen molar-refractivity contribution in [3.8, 4) is 0 Å². The minimum Gasteiger partial charge on any atom is -0.212 e. The first-order valence-electron chi connectivity index (χ1n) is 3.41. The second-order valence-corrected chi connectivity index (χ2v) is 5.09. The van der Waals surface area contributed by atoms with Crippen LogP contribution in [-0.2, 0) is 10.0 Å². The third kappa shape index (κ3) is 1.06. The van der Waals surface area contributed by atoms with Gasteiger partial charge in [0.25, 0.3) is 0 Å². The number of hydrogen-bond donors (Lipinski definition) is 0. The molecule has 0 aromatic heterocycles. The Labute approximate surface area is 62.1 Å². The van der Waals surface area contributed by atoms with E-state index in [-0.39, 0.29) is 12.0 Å². The van der Waals surface area contributed by atoms with Gasteiger partial charge in [-0.05, 0) is 12.8 Å². The maximum Gasteiger partial charge on any atom is 0.214 e. The molecule has 1 heterocycles. The van der Waals surface area contributed by atoms with Crippen LogP contribution in [0.2, 0.25) is 0 Å². The fourth-order valence-electron chi connectivity index (χ4n) is 1.20. The van der Waals surface area contributed by atoms with Crippen molar-refractivity contribution in [2.24, 2.45) is 5.92 Å². The van der Waals surface area contributed by atoms with Crippen molar-refractivity contribution in [1.29, 1.82) is 0 Å². The van der Waals surface area contributed by atoms with Crippen molar-refractivity contribution < 1.29 is 8.42 Å². The summed E-state index contributed by atoms with van der Waals surface area (Å²) in [5, 5.41) is 0. The van der Waals surface area contributed by atoms with Crippen molar-refractivity contribution in [2.75, 3.05) is 12.8 Å². The van der Waals surface area contributed by atoms with Gasteiger partial charge in [-0.25, -0.2) is 12.7 Å². The highest BCUT2D eigenvalue weighted by Crippen LogP contribution is 2.23. The third-order valence-corrected chi connectivity index (χ3v) is 4.47. The Morgan fingerprint density at radius 2 is 1.90 bits per heavy atom. The molecule has 0 aromatic carbocycles. The highest BCUT2D eigenvalue weighted by molar-refractivity contribution is 7.89. The SMILES string of the molecule is CC1CS(=O)(=O)N(C)C1C. The Morgan fingerprint density at radius 3 is 2.00 bits per heavy atom. The molecule has 0 amide bonds.